The number of rotatable bonds is 10. The van der Waals surface area contributed by atoms with Gasteiger partial charge in [0.2, 0.25) is 5.91 Å². The van der Waals surface area contributed by atoms with Crippen LogP contribution in [-0.4, -0.2) is 110 Å². The summed E-state index contributed by atoms with van der Waals surface area (Å²) in [6.07, 6.45) is 3.06. The molecule has 4 atom stereocenters. The molecular formula is C35H52FN5O6. The molecule has 0 aromatic heterocycles. The zero-order valence-electron chi connectivity index (χ0n) is 28.6. The Morgan fingerprint density at radius 3 is 2.43 bits per heavy atom. The fourth-order valence-electron chi connectivity index (χ4n) is 5.40. The van der Waals surface area contributed by atoms with E-state index in [1.807, 2.05) is 27.9 Å². The van der Waals surface area contributed by atoms with Crippen molar-refractivity contribution in [2.45, 2.75) is 71.1 Å². The van der Waals surface area contributed by atoms with Crippen LogP contribution >= 0.6 is 0 Å². The molecule has 0 bridgehead atoms. The summed E-state index contributed by atoms with van der Waals surface area (Å²) in [5.74, 6) is -0.546. The number of aliphatic hydroxyl groups is 1. The normalized spacial score (nSPS) is 20.1. The van der Waals surface area contributed by atoms with Gasteiger partial charge in [0.1, 0.15) is 11.6 Å². The Bertz CT molecular complexity index is 1310. The van der Waals surface area contributed by atoms with Gasteiger partial charge in [-0.1, -0.05) is 6.92 Å². The summed E-state index contributed by atoms with van der Waals surface area (Å²) in [7, 11) is 5.75. The van der Waals surface area contributed by atoms with Crippen molar-refractivity contribution in [2.75, 3.05) is 64.6 Å². The molecule has 3 N–H and O–H groups in total. The molecule has 1 aliphatic rings. The molecule has 11 nitrogen and oxygen atoms in total. The van der Waals surface area contributed by atoms with Gasteiger partial charge in [0.15, 0.2) is 0 Å². The highest BCUT2D eigenvalue weighted by atomic mass is 19.1. The number of halogens is 1. The summed E-state index contributed by atoms with van der Waals surface area (Å²) in [5.41, 5.74) is 1.01. The lowest BCUT2D eigenvalue weighted by molar-refractivity contribution is -0.132. The molecule has 3 rings (SSSR count). The molecule has 0 saturated heterocycles. The van der Waals surface area contributed by atoms with E-state index < -0.39 is 17.9 Å². The van der Waals surface area contributed by atoms with Crippen molar-refractivity contribution < 1.29 is 33.4 Å². The molecule has 2 aromatic rings. The highest BCUT2D eigenvalue weighted by molar-refractivity contribution is 6.02. The standard InChI is InChI=1S/C35H52FN5O6/c1-24-21-41(25(2)23-42)34(44)30-20-29(38-35(45)37-28-14-12-27(36)13-15-28)16-17-31(30)47-26(3)10-7-8-19-46-32(24)22-40(6)33(43)11-9-18-39(4)5/h12-17,20,24-26,32,42H,7-11,18-19,21-23H2,1-6H3,(H2,37,38,45)/t24-,25-,26+,32-/m1/s1. The Morgan fingerprint density at radius 1 is 1.06 bits per heavy atom. The Kier molecular flexibility index (Phi) is 14.9. The maximum atomic E-state index is 14.3. The van der Waals surface area contributed by atoms with Gasteiger partial charge >= 0.3 is 6.03 Å². The van der Waals surface area contributed by atoms with Crippen molar-refractivity contribution in [2.24, 2.45) is 5.92 Å². The topological polar surface area (TPSA) is 124 Å². The zero-order chi connectivity index (χ0) is 34.5. The van der Waals surface area contributed by atoms with Crippen molar-refractivity contribution in [3.05, 3.63) is 53.8 Å². The van der Waals surface area contributed by atoms with Gasteiger partial charge in [0.05, 0.1) is 30.4 Å². The van der Waals surface area contributed by atoms with Crippen LogP contribution in [0.3, 0.4) is 0 Å². The SMILES string of the molecule is C[C@@H]1CN([C@H](C)CO)C(=O)c2cc(NC(=O)Nc3ccc(F)cc3)ccc2O[C@@H](C)CCCCO[C@@H]1CN(C)C(=O)CCCN(C)C. The predicted octanol–water partition coefficient (Wildman–Crippen LogP) is 5.07. The second-order valence-corrected chi connectivity index (χ2v) is 12.8. The summed E-state index contributed by atoms with van der Waals surface area (Å²) >= 11 is 0. The van der Waals surface area contributed by atoms with Crippen LogP contribution in [0.5, 0.6) is 5.75 Å². The van der Waals surface area contributed by atoms with Gasteiger partial charge in [-0.05, 0) is 103 Å². The minimum atomic E-state index is -0.561. The van der Waals surface area contributed by atoms with Crippen molar-refractivity contribution in [1.82, 2.24) is 14.7 Å². The highest BCUT2D eigenvalue weighted by Crippen LogP contribution is 2.29. The smallest absolute Gasteiger partial charge is 0.323 e. The number of benzene rings is 2. The zero-order valence-corrected chi connectivity index (χ0v) is 28.6. The minimum absolute atomic E-state index is 0.0436. The first-order chi connectivity index (χ1) is 22.4. The Labute approximate surface area is 278 Å². The number of likely N-dealkylation sites (N-methyl/N-ethyl adjacent to an activating group) is 1. The molecule has 2 aromatic carbocycles. The number of aliphatic hydroxyl groups excluding tert-OH is 1. The fourth-order valence-corrected chi connectivity index (χ4v) is 5.40. The van der Waals surface area contributed by atoms with E-state index >= 15 is 0 Å². The van der Waals surface area contributed by atoms with E-state index in [2.05, 4.69) is 15.5 Å². The quantitative estimate of drug-likeness (QED) is 0.326. The van der Waals surface area contributed by atoms with E-state index in [0.717, 1.165) is 32.2 Å². The van der Waals surface area contributed by atoms with Gasteiger partial charge in [-0.15, -0.1) is 0 Å². The van der Waals surface area contributed by atoms with Crippen LogP contribution in [0, 0.1) is 11.7 Å². The molecule has 4 amide bonds. The Balaban J connectivity index is 1.87. The number of hydrogen-bond acceptors (Lipinski definition) is 7. The van der Waals surface area contributed by atoms with Crippen molar-refractivity contribution in [3.63, 3.8) is 0 Å². The number of carbonyl (C=O) groups is 3. The van der Waals surface area contributed by atoms with Crippen LogP contribution in [0.25, 0.3) is 0 Å². The molecule has 0 fully saturated rings. The third-order valence-electron chi connectivity index (χ3n) is 8.29. The summed E-state index contributed by atoms with van der Waals surface area (Å²) < 4.78 is 25.9. The number of carbonyl (C=O) groups excluding carboxylic acids is 3. The summed E-state index contributed by atoms with van der Waals surface area (Å²) in [4.78, 5) is 45.3. The average Bonchev–Trinajstić information content (AvgIpc) is 3.03. The maximum absolute atomic E-state index is 14.3. The van der Waals surface area contributed by atoms with E-state index in [1.165, 1.54) is 24.3 Å². The summed E-state index contributed by atoms with van der Waals surface area (Å²) in [6.45, 7) is 7.41. The number of nitrogens with one attached hydrogen (secondary N) is 2. The first kappa shape index (κ1) is 37.7. The summed E-state index contributed by atoms with van der Waals surface area (Å²) in [5, 5.41) is 15.6. The number of ether oxygens (including phenoxy) is 2. The highest BCUT2D eigenvalue weighted by Gasteiger charge is 2.31. The molecule has 0 saturated carbocycles. The molecule has 1 aliphatic heterocycles. The van der Waals surface area contributed by atoms with E-state index in [9.17, 15) is 23.9 Å². The van der Waals surface area contributed by atoms with Crippen LogP contribution in [0.2, 0.25) is 0 Å². The van der Waals surface area contributed by atoms with Gasteiger partial charge in [0, 0.05) is 50.5 Å². The molecule has 0 radical (unpaired) electrons. The first-order valence-electron chi connectivity index (χ1n) is 16.4. The van der Waals surface area contributed by atoms with E-state index in [0.29, 0.717) is 36.7 Å². The average molecular weight is 658 g/mol. The molecule has 260 valence electrons. The van der Waals surface area contributed by atoms with Gasteiger partial charge < -0.3 is 39.9 Å². The number of amides is 4. The van der Waals surface area contributed by atoms with Crippen LogP contribution in [-0.2, 0) is 9.53 Å². The third-order valence-corrected chi connectivity index (χ3v) is 8.29. The molecular weight excluding hydrogens is 605 g/mol. The maximum Gasteiger partial charge on any atom is 0.323 e. The van der Waals surface area contributed by atoms with Crippen molar-refractivity contribution in [1.29, 1.82) is 0 Å². The van der Waals surface area contributed by atoms with Crippen molar-refractivity contribution in [3.8, 4) is 5.75 Å². The van der Waals surface area contributed by atoms with E-state index in [-0.39, 0.29) is 48.7 Å². The second-order valence-electron chi connectivity index (χ2n) is 12.8. The number of nitrogens with zero attached hydrogens (tertiary/aromatic N) is 3. The van der Waals surface area contributed by atoms with Crippen LogP contribution < -0.4 is 15.4 Å². The van der Waals surface area contributed by atoms with Gasteiger partial charge in [-0.25, -0.2) is 9.18 Å². The van der Waals surface area contributed by atoms with Crippen LogP contribution in [0.15, 0.2) is 42.5 Å². The van der Waals surface area contributed by atoms with Gasteiger partial charge in [0.25, 0.3) is 5.91 Å². The minimum Gasteiger partial charge on any atom is -0.490 e. The van der Waals surface area contributed by atoms with Crippen molar-refractivity contribution >= 4 is 29.2 Å². The molecule has 0 unspecified atom stereocenters. The molecule has 12 heteroatoms. The largest absolute Gasteiger partial charge is 0.490 e. The van der Waals surface area contributed by atoms with Gasteiger partial charge in [-0.3, -0.25) is 9.59 Å². The monoisotopic (exact) mass is 657 g/mol. The molecule has 47 heavy (non-hydrogen) atoms. The lowest BCUT2D eigenvalue weighted by Crippen LogP contribution is -2.48. The second kappa shape index (κ2) is 18.6. The fraction of sp³-hybridized carbons (Fsp3) is 0.571. The number of urea groups is 1. The lowest BCUT2D eigenvalue weighted by atomic mass is 10.0. The van der Waals surface area contributed by atoms with Gasteiger partial charge in [-0.2, -0.15) is 0 Å². The molecule has 0 spiro atoms. The van der Waals surface area contributed by atoms with Crippen LogP contribution in [0.1, 0.15) is 63.2 Å². The first-order valence-corrected chi connectivity index (χ1v) is 16.4. The number of anilines is 2. The Morgan fingerprint density at radius 2 is 1.74 bits per heavy atom. The van der Waals surface area contributed by atoms with E-state index in [4.69, 9.17) is 9.47 Å². The van der Waals surface area contributed by atoms with E-state index in [1.54, 1.807) is 42.0 Å². The third kappa shape index (κ3) is 12.1. The Hall–Kier alpha value is -3.74. The summed E-state index contributed by atoms with van der Waals surface area (Å²) in [6, 6.07) is 9.17. The number of hydrogen-bond donors (Lipinski definition) is 3. The predicted molar refractivity (Wildman–Crippen MR) is 181 cm³/mol. The number of fused-ring (bicyclic) bond motifs is 1. The lowest BCUT2D eigenvalue weighted by Gasteiger charge is -2.36. The van der Waals surface area contributed by atoms with Crippen LogP contribution in [0.4, 0.5) is 20.6 Å². The molecule has 1 heterocycles. The molecule has 0 aliphatic carbocycles.